The summed E-state index contributed by atoms with van der Waals surface area (Å²) < 4.78 is 2.63. The van der Waals surface area contributed by atoms with E-state index in [-0.39, 0.29) is 0 Å². The molecule has 222 valence electrons. The minimum Gasteiger partial charge on any atom is -0.332 e. The molecule has 0 saturated heterocycles. The van der Waals surface area contributed by atoms with E-state index in [0.717, 1.165) is 12.8 Å². The molecular weight excluding hydrogens is 567 g/mol. The molecule has 0 fully saturated rings. The molecule has 0 spiro atoms. The Morgan fingerprint density at radius 3 is 2.34 bits per heavy atom. The van der Waals surface area contributed by atoms with Gasteiger partial charge in [-0.3, -0.25) is 0 Å². The number of aromatic nitrogens is 1. The molecule has 47 heavy (non-hydrogen) atoms. The summed E-state index contributed by atoms with van der Waals surface area (Å²) in [5.74, 6) is 0.884. The smallest absolute Gasteiger partial charge is 0.0630 e. The number of hydrogen-bond acceptors (Lipinski definition) is 0. The lowest BCUT2D eigenvalue weighted by atomic mass is 9.72. The average molecular weight is 600 g/mol. The number of fused-ring (bicyclic) bond motifs is 10. The highest BCUT2D eigenvalue weighted by molar-refractivity contribution is 6.18. The number of allylic oxidation sites excluding steroid dienone is 4. The molecule has 0 N–H and O–H groups in total. The monoisotopic (exact) mass is 599 g/mol. The second kappa shape index (κ2) is 9.56. The van der Waals surface area contributed by atoms with Crippen LogP contribution < -0.4 is 0 Å². The van der Waals surface area contributed by atoms with E-state index in [0.29, 0.717) is 17.9 Å². The van der Waals surface area contributed by atoms with Crippen LogP contribution in [0.15, 0.2) is 146 Å². The maximum Gasteiger partial charge on any atom is 0.0630 e. The van der Waals surface area contributed by atoms with Crippen molar-refractivity contribution in [1.82, 2.24) is 4.57 Å². The Kier molecular flexibility index (Phi) is 5.24. The topological polar surface area (TPSA) is 4.93 Å². The van der Waals surface area contributed by atoms with E-state index in [9.17, 15) is 0 Å². The number of para-hydroxylation sites is 1. The van der Waals surface area contributed by atoms with Gasteiger partial charge >= 0.3 is 0 Å². The number of hydrogen-bond donors (Lipinski definition) is 0. The predicted octanol–water partition coefficient (Wildman–Crippen LogP) is 11.8. The minimum atomic E-state index is 0.332. The van der Waals surface area contributed by atoms with Gasteiger partial charge in [-0.1, -0.05) is 133 Å². The number of rotatable bonds is 2. The molecule has 0 bridgehead atoms. The van der Waals surface area contributed by atoms with E-state index in [1.807, 2.05) is 0 Å². The van der Waals surface area contributed by atoms with Crippen LogP contribution in [0.2, 0.25) is 0 Å². The fourth-order valence-electron chi connectivity index (χ4n) is 9.62. The van der Waals surface area contributed by atoms with Gasteiger partial charge in [0.15, 0.2) is 0 Å². The first-order chi connectivity index (χ1) is 23.3. The van der Waals surface area contributed by atoms with Gasteiger partial charge in [-0.05, 0) is 104 Å². The van der Waals surface area contributed by atoms with Crippen LogP contribution >= 0.6 is 0 Å². The molecular formula is C46H33N. The zero-order chi connectivity index (χ0) is 30.6. The Balaban J connectivity index is 1.23. The lowest BCUT2D eigenvalue weighted by molar-refractivity contribution is 0.615. The molecule has 4 aliphatic rings. The van der Waals surface area contributed by atoms with Crippen molar-refractivity contribution >= 4 is 21.8 Å². The third-order valence-corrected chi connectivity index (χ3v) is 11.6. The summed E-state index contributed by atoms with van der Waals surface area (Å²) in [6, 6.07) is 46.5. The molecule has 1 heteroatoms. The lowest BCUT2D eigenvalue weighted by Crippen LogP contribution is -2.13. The first-order valence-corrected chi connectivity index (χ1v) is 17.2. The van der Waals surface area contributed by atoms with Gasteiger partial charge < -0.3 is 4.57 Å². The van der Waals surface area contributed by atoms with Crippen molar-refractivity contribution < 1.29 is 0 Å². The van der Waals surface area contributed by atoms with Crippen LogP contribution in [0.25, 0.3) is 66.3 Å². The lowest BCUT2D eigenvalue weighted by Gasteiger charge is -2.31. The fourth-order valence-corrected chi connectivity index (χ4v) is 9.62. The van der Waals surface area contributed by atoms with Gasteiger partial charge in [0.25, 0.3) is 0 Å². The molecule has 0 radical (unpaired) electrons. The number of nitrogens with zero attached hydrogens (tertiary/aromatic N) is 1. The predicted molar refractivity (Wildman–Crippen MR) is 196 cm³/mol. The summed E-state index contributed by atoms with van der Waals surface area (Å²) >= 11 is 0. The summed E-state index contributed by atoms with van der Waals surface area (Å²) in [5.41, 5.74) is 19.7. The van der Waals surface area contributed by atoms with Crippen molar-refractivity contribution in [3.63, 3.8) is 0 Å². The molecule has 1 aromatic heterocycles. The van der Waals surface area contributed by atoms with E-state index in [2.05, 4.69) is 150 Å². The second-order valence-corrected chi connectivity index (χ2v) is 13.9. The SMILES string of the molecule is C1=CC2c3ccc(-c4ccc5c6c4-c4ccccc4CC6CCc4ccc(-c6ccccc6)cc4-5)c4c5ccccc5n(c34)C2C=C1. The molecule has 11 rings (SSSR count). The van der Waals surface area contributed by atoms with Crippen molar-refractivity contribution in [2.75, 3.05) is 0 Å². The minimum absolute atomic E-state index is 0.332. The van der Waals surface area contributed by atoms with E-state index in [1.54, 1.807) is 5.56 Å². The van der Waals surface area contributed by atoms with Gasteiger partial charge in [-0.25, -0.2) is 0 Å². The van der Waals surface area contributed by atoms with Gasteiger partial charge in [-0.15, -0.1) is 0 Å². The van der Waals surface area contributed by atoms with Gasteiger partial charge in [0, 0.05) is 22.2 Å². The van der Waals surface area contributed by atoms with Crippen molar-refractivity contribution in [1.29, 1.82) is 0 Å². The van der Waals surface area contributed by atoms with E-state index < -0.39 is 0 Å². The normalized spacial score (nSPS) is 19.7. The van der Waals surface area contributed by atoms with Gasteiger partial charge in [0.1, 0.15) is 0 Å². The Morgan fingerprint density at radius 2 is 1.38 bits per heavy atom. The van der Waals surface area contributed by atoms with Crippen molar-refractivity contribution in [2.24, 2.45) is 0 Å². The molecule has 7 aromatic rings. The third kappa shape index (κ3) is 3.49. The first-order valence-electron chi connectivity index (χ1n) is 17.2. The Morgan fingerprint density at radius 1 is 0.574 bits per heavy atom. The first kappa shape index (κ1) is 25.8. The van der Waals surface area contributed by atoms with Gasteiger partial charge in [0.05, 0.1) is 11.6 Å². The molecule has 0 saturated carbocycles. The highest BCUT2D eigenvalue weighted by Crippen LogP contribution is 2.56. The maximum absolute atomic E-state index is 2.63. The average Bonchev–Trinajstić information content (AvgIpc) is 3.61. The van der Waals surface area contributed by atoms with Crippen LogP contribution in [0, 0.1) is 0 Å². The molecule has 0 amide bonds. The second-order valence-electron chi connectivity index (χ2n) is 13.9. The molecule has 2 heterocycles. The molecule has 1 nitrogen and oxygen atoms in total. The Labute approximate surface area is 275 Å². The van der Waals surface area contributed by atoms with E-state index in [4.69, 9.17) is 0 Å². The molecule has 3 aliphatic carbocycles. The van der Waals surface area contributed by atoms with Crippen LogP contribution in [0.4, 0.5) is 0 Å². The summed E-state index contributed by atoms with van der Waals surface area (Å²) in [5, 5.41) is 2.77. The molecule has 3 atom stereocenters. The van der Waals surface area contributed by atoms with Crippen molar-refractivity contribution in [2.45, 2.75) is 37.1 Å². The quantitative estimate of drug-likeness (QED) is 0.186. The standard InChI is InChI=1S/C46H33N/c1-2-10-28(11-3-1)30-20-18-29-19-21-32-26-31-12-4-5-13-33(31)44-35(22-23-37(43(32)44)40(29)27-30)36-24-25-38-34-14-6-8-16-41(34)47-42-17-9-7-15-39(42)45(36)46(38)47/h1-18,20,22-25,27,32,34,41H,19,21,26H2. The fraction of sp³-hybridized carbons (Fsp3) is 0.130. The van der Waals surface area contributed by atoms with Crippen LogP contribution in [-0.4, -0.2) is 4.57 Å². The van der Waals surface area contributed by atoms with Gasteiger partial charge in [0.2, 0.25) is 0 Å². The molecule has 3 unspecified atom stereocenters. The Hall–Kier alpha value is -5.40. The number of benzene rings is 6. The maximum atomic E-state index is 2.63. The summed E-state index contributed by atoms with van der Waals surface area (Å²) in [6.07, 6.45) is 12.6. The van der Waals surface area contributed by atoms with Crippen LogP contribution in [0.1, 0.15) is 46.6 Å². The molecule has 1 aliphatic heterocycles. The zero-order valence-corrected chi connectivity index (χ0v) is 26.2. The molecule has 6 aromatic carbocycles. The van der Waals surface area contributed by atoms with Crippen LogP contribution in [-0.2, 0) is 12.8 Å². The van der Waals surface area contributed by atoms with Crippen LogP contribution in [0.5, 0.6) is 0 Å². The summed E-state index contributed by atoms with van der Waals surface area (Å²) in [4.78, 5) is 0. The van der Waals surface area contributed by atoms with E-state index in [1.165, 1.54) is 89.4 Å². The van der Waals surface area contributed by atoms with Crippen molar-refractivity contribution in [3.8, 4) is 44.5 Å². The Bertz CT molecular complexity index is 2510. The van der Waals surface area contributed by atoms with Crippen LogP contribution in [0.3, 0.4) is 0 Å². The highest BCUT2D eigenvalue weighted by Gasteiger charge is 2.37. The van der Waals surface area contributed by atoms with Crippen molar-refractivity contribution in [3.05, 3.63) is 168 Å². The summed E-state index contributed by atoms with van der Waals surface area (Å²) in [6.45, 7) is 0. The largest absolute Gasteiger partial charge is 0.332 e. The summed E-state index contributed by atoms with van der Waals surface area (Å²) in [7, 11) is 0. The third-order valence-electron chi connectivity index (χ3n) is 11.6. The van der Waals surface area contributed by atoms with E-state index >= 15 is 0 Å². The zero-order valence-electron chi connectivity index (χ0n) is 26.2. The highest BCUT2D eigenvalue weighted by atomic mass is 15.0. The van der Waals surface area contributed by atoms with Gasteiger partial charge in [-0.2, -0.15) is 0 Å². The number of aryl methyl sites for hydroxylation is 1.